The summed E-state index contributed by atoms with van der Waals surface area (Å²) in [7, 11) is 0. The van der Waals surface area contributed by atoms with Gasteiger partial charge in [0.2, 0.25) is 0 Å². The molecule has 6 heteroatoms. The molecule has 1 aliphatic rings. The Morgan fingerprint density at radius 1 is 1.37 bits per heavy atom. The van der Waals surface area contributed by atoms with E-state index in [2.05, 4.69) is 9.97 Å². The normalized spacial score (nSPS) is 19.2. The van der Waals surface area contributed by atoms with Gasteiger partial charge in [-0.3, -0.25) is 14.6 Å². The number of aromatic nitrogens is 2. The van der Waals surface area contributed by atoms with Crippen molar-refractivity contribution >= 4 is 11.9 Å². The molecule has 2 heterocycles. The predicted octanol–water partition coefficient (Wildman–Crippen LogP) is 1.25. The summed E-state index contributed by atoms with van der Waals surface area (Å²) in [6, 6.07) is -0.236. The fourth-order valence-electron chi connectivity index (χ4n) is 2.44. The summed E-state index contributed by atoms with van der Waals surface area (Å²) in [4.78, 5) is 33.1. The lowest BCUT2D eigenvalue weighted by molar-refractivity contribution is -0.138. The van der Waals surface area contributed by atoms with Crippen LogP contribution in [0.25, 0.3) is 0 Å². The van der Waals surface area contributed by atoms with Gasteiger partial charge in [-0.25, -0.2) is 4.98 Å². The fraction of sp³-hybridized carbons (Fsp3) is 0.538. The first-order valence-corrected chi connectivity index (χ1v) is 6.40. The van der Waals surface area contributed by atoms with E-state index in [-0.39, 0.29) is 18.4 Å². The molecule has 1 aromatic heterocycles. The quantitative estimate of drug-likeness (QED) is 0.887. The number of hydrogen-bond donors (Lipinski definition) is 1. The second-order valence-electron chi connectivity index (χ2n) is 4.74. The summed E-state index contributed by atoms with van der Waals surface area (Å²) in [5, 5.41) is 8.92. The van der Waals surface area contributed by atoms with E-state index < -0.39 is 5.97 Å². The Bertz CT molecular complexity index is 490. The van der Waals surface area contributed by atoms with Gasteiger partial charge in [-0.2, -0.15) is 0 Å². The van der Waals surface area contributed by atoms with Gasteiger partial charge in [-0.05, 0) is 26.2 Å². The van der Waals surface area contributed by atoms with Gasteiger partial charge in [0.25, 0.3) is 5.91 Å². The van der Waals surface area contributed by atoms with Crippen molar-refractivity contribution in [3.05, 3.63) is 23.8 Å². The molecule has 1 unspecified atom stereocenters. The van der Waals surface area contributed by atoms with Crippen molar-refractivity contribution in [3.8, 4) is 0 Å². The van der Waals surface area contributed by atoms with E-state index in [1.54, 1.807) is 11.8 Å². The smallest absolute Gasteiger partial charge is 0.305 e. The maximum atomic E-state index is 12.4. The van der Waals surface area contributed by atoms with E-state index in [9.17, 15) is 9.59 Å². The highest BCUT2D eigenvalue weighted by atomic mass is 16.4. The largest absolute Gasteiger partial charge is 0.481 e. The topological polar surface area (TPSA) is 83.4 Å². The average molecular weight is 263 g/mol. The molecule has 1 fully saturated rings. The molecule has 1 aliphatic heterocycles. The summed E-state index contributed by atoms with van der Waals surface area (Å²) in [6.07, 6.45) is 5.61. The Hall–Kier alpha value is -1.98. The third-order valence-electron chi connectivity index (χ3n) is 3.38. The van der Waals surface area contributed by atoms with Crippen LogP contribution in [0, 0.1) is 6.92 Å². The number of hydrogen-bond acceptors (Lipinski definition) is 4. The molecule has 0 aliphatic carbocycles. The van der Waals surface area contributed by atoms with E-state index in [4.69, 9.17) is 5.11 Å². The van der Waals surface area contributed by atoms with Crippen LogP contribution in [0.3, 0.4) is 0 Å². The monoisotopic (exact) mass is 263 g/mol. The summed E-state index contributed by atoms with van der Waals surface area (Å²) in [6.45, 7) is 2.32. The van der Waals surface area contributed by atoms with Crippen molar-refractivity contribution in [2.45, 2.75) is 38.6 Å². The number of aliphatic carboxylic acids is 1. The minimum atomic E-state index is -0.874. The SMILES string of the molecule is Cc1nccnc1C(=O)N1CCCCC1CC(=O)O. The van der Waals surface area contributed by atoms with Gasteiger partial charge in [0.1, 0.15) is 5.69 Å². The Morgan fingerprint density at radius 2 is 2.11 bits per heavy atom. The molecule has 0 saturated carbocycles. The van der Waals surface area contributed by atoms with Gasteiger partial charge in [-0.15, -0.1) is 0 Å². The maximum absolute atomic E-state index is 12.4. The van der Waals surface area contributed by atoms with Crippen molar-refractivity contribution in [1.82, 2.24) is 14.9 Å². The summed E-state index contributed by atoms with van der Waals surface area (Å²) in [5.41, 5.74) is 0.895. The number of carboxylic acids is 1. The average Bonchev–Trinajstić information content (AvgIpc) is 2.38. The third kappa shape index (κ3) is 3.07. The highest BCUT2D eigenvalue weighted by Crippen LogP contribution is 2.22. The molecule has 0 aromatic carbocycles. The number of nitrogens with zero attached hydrogens (tertiary/aromatic N) is 3. The standard InChI is InChI=1S/C13H17N3O3/c1-9-12(15-6-5-14-9)13(19)16-7-3-2-4-10(16)8-11(17)18/h5-6,10H,2-4,7-8H2,1H3,(H,17,18). The molecule has 1 atom stereocenters. The van der Waals surface area contributed by atoms with Crippen LogP contribution in [-0.4, -0.2) is 44.4 Å². The van der Waals surface area contributed by atoms with Gasteiger partial charge in [0.05, 0.1) is 12.1 Å². The Kier molecular flexibility index (Phi) is 4.09. The lowest BCUT2D eigenvalue weighted by Crippen LogP contribution is -2.45. The summed E-state index contributed by atoms with van der Waals surface area (Å²) < 4.78 is 0. The molecular weight excluding hydrogens is 246 g/mol. The van der Waals surface area contributed by atoms with Crippen LogP contribution in [0.4, 0.5) is 0 Å². The molecule has 0 spiro atoms. The fourth-order valence-corrected chi connectivity index (χ4v) is 2.44. The lowest BCUT2D eigenvalue weighted by atomic mass is 9.98. The van der Waals surface area contributed by atoms with E-state index in [0.717, 1.165) is 19.3 Å². The van der Waals surface area contributed by atoms with Gasteiger partial charge in [-0.1, -0.05) is 0 Å². The number of carbonyl (C=O) groups excluding carboxylic acids is 1. The van der Waals surface area contributed by atoms with Crippen LogP contribution < -0.4 is 0 Å². The van der Waals surface area contributed by atoms with Crippen LogP contribution in [0.2, 0.25) is 0 Å². The van der Waals surface area contributed by atoms with Crippen LogP contribution in [0.15, 0.2) is 12.4 Å². The number of amides is 1. The zero-order valence-electron chi connectivity index (χ0n) is 10.9. The number of piperidine rings is 1. The van der Waals surface area contributed by atoms with Gasteiger partial charge in [0.15, 0.2) is 0 Å². The number of carbonyl (C=O) groups is 2. The molecule has 102 valence electrons. The maximum Gasteiger partial charge on any atom is 0.305 e. The second kappa shape index (κ2) is 5.77. The Labute approximate surface area is 111 Å². The Balaban J connectivity index is 2.20. The van der Waals surface area contributed by atoms with Crippen LogP contribution in [0.1, 0.15) is 41.9 Å². The van der Waals surface area contributed by atoms with Crippen LogP contribution in [-0.2, 0) is 4.79 Å². The highest BCUT2D eigenvalue weighted by molar-refractivity contribution is 5.93. The molecule has 1 N–H and O–H groups in total. The number of rotatable bonds is 3. The molecule has 6 nitrogen and oxygen atoms in total. The zero-order chi connectivity index (χ0) is 13.8. The molecule has 1 saturated heterocycles. The first-order chi connectivity index (χ1) is 9.09. The summed E-state index contributed by atoms with van der Waals surface area (Å²) >= 11 is 0. The van der Waals surface area contributed by atoms with Crippen molar-refractivity contribution in [3.63, 3.8) is 0 Å². The lowest BCUT2D eigenvalue weighted by Gasteiger charge is -2.34. The van der Waals surface area contributed by atoms with Crippen LogP contribution >= 0.6 is 0 Å². The van der Waals surface area contributed by atoms with Gasteiger partial charge in [0, 0.05) is 25.0 Å². The third-order valence-corrected chi connectivity index (χ3v) is 3.38. The molecular formula is C13H17N3O3. The van der Waals surface area contributed by atoms with Crippen molar-refractivity contribution < 1.29 is 14.7 Å². The summed E-state index contributed by atoms with van der Waals surface area (Å²) in [5.74, 6) is -1.09. The first kappa shape index (κ1) is 13.5. The van der Waals surface area contributed by atoms with Crippen molar-refractivity contribution in [1.29, 1.82) is 0 Å². The Morgan fingerprint density at radius 3 is 2.79 bits per heavy atom. The van der Waals surface area contributed by atoms with E-state index in [1.807, 2.05) is 0 Å². The highest BCUT2D eigenvalue weighted by Gasteiger charge is 2.30. The minimum absolute atomic E-state index is 0.00888. The van der Waals surface area contributed by atoms with E-state index in [0.29, 0.717) is 17.9 Å². The van der Waals surface area contributed by atoms with Gasteiger partial charge < -0.3 is 10.0 Å². The molecule has 1 amide bonds. The van der Waals surface area contributed by atoms with E-state index >= 15 is 0 Å². The number of likely N-dealkylation sites (tertiary alicyclic amines) is 1. The van der Waals surface area contributed by atoms with E-state index in [1.165, 1.54) is 12.4 Å². The molecule has 0 radical (unpaired) electrons. The van der Waals surface area contributed by atoms with Gasteiger partial charge >= 0.3 is 5.97 Å². The number of aryl methyl sites for hydroxylation is 1. The molecule has 0 bridgehead atoms. The predicted molar refractivity (Wildman–Crippen MR) is 67.7 cm³/mol. The van der Waals surface area contributed by atoms with Crippen molar-refractivity contribution in [2.24, 2.45) is 0 Å². The van der Waals surface area contributed by atoms with Crippen molar-refractivity contribution in [2.75, 3.05) is 6.54 Å². The zero-order valence-corrected chi connectivity index (χ0v) is 10.9. The van der Waals surface area contributed by atoms with Crippen LogP contribution in [0.5, 0.6) is 0 Å². The molecule has 19 heavy (non-hydrogen) atoms. The molecule has 2 rings (SSSR count). The second-order valence-corrected chi connectivity index (χ2v) is 4.74. The first-order valence-electron chi connectivity index (χ1n) is 6.40. The minimum Gasteiger partial charge on any atom is -0.481 e. The molecule has 1 aromatic rings. The number of carboxylic acid groups (broad SMARTS) is 1.